The Kier molecular flexibility index (Phi) is 4.08. The number of aromatic amines is 1. The van der Waals surface area contributed by atoms with E-state index in [0.29, 0.717) is 32.5 Å². The van der Waals surface area contributed by atoms with Crippen molar-refractivity contribution in [2.75, 3.05) is 7.11 Å². The normalized spacial score (nSPS) is 11.7. The van der Waals surface area contributed by atoms with E-state index in [2.05, 4.69) is 30.6 Å². The number of halogens is 4. The van der Waals surface area contributed by atoms with Gasteiger partial charge in [-0.3, -0.25) is 0 Å². The third kappa shape index (κ3) is 3.01. The van der Waals surface area contributed by atoms with Crippen LogP contribution in [0.15, 0.2) is 40.9 Å². The molecule has 8 heteroatoms. The molecular weight excluding hydrogens is 389 g/mol. The summed E-state index contributed by atoms with van der Waals surface area (Å²) in [5, 5.41) is 0. The first-order valence-electron chi connectivity index (χ1n) is 6.75. The third-order valence-electron chi connectivity index (χ3n) is 3.45. The second-order valence-electron chi connectivity index (χ2n) is 5.01. The van der Waals surface area contributed by atoms with Crippen LogP contribution in [0.4, 0.5) is 13.2 Å². The van der Waals surface area contributed by atoms with Gasteiger partial charge in [0.1, 0.15) is 11.3 Å². The van der Waals surface area contributed by atoms with Crippen molar-refractivity contribution >= 4 is 32.9 Å². The molecule has 4 nitrogen and oxygen atoms in total. The minimum Gasteiger partial charge on any atom is -0.465 e. The molecule has 1 N–H and O–H groups in total. The number of hydrogen-bond donors (Lipinski definition) is 1. The van der Waals surface area contributed by atoms with Crippen LogP contribution in [0, 0.1) is 0 Å². The molecule has 1 aromatic heterocycles. The molecule has 24 heavy (non-hydrogen) atoms. The molecule has 0 aliphatic rings. The van der Waals surface area contributed by atoms with Crippen molar-refractivity contribution in [2.45, 2.75) is 6.18 Å². The van der Waals surface area contributed by atoms with E-state index in [-0.39, 0.29) is 0 Å². The number of hydrogen-bond acceptors (Lipinski definition) is 3. The van der Waals surface area contributed by atoms with E-state index >= 15 is 0 Å². The highest BCUT2D eigenvalue weighted by atomic mass is 79.9. The number of imidazole rings is 1. The summed E-state index contributed by atoms with van der Waals surface area (Å²) in [6, 6.07) is 7.83. The SMILES string of the molecule is COC(=O)c1cc(Br)c2nc(-c3ccc(C(F)(F)F)cc3)[nH]c2c1. The molecule has 3 rings (SSSR count). The quantitative estimate of drug-likeness (QED) is 0.630. The van der Waals surface area contributed by atoms with Crippen molar-refractivity contribution in [3.8, 4) is 11.4 Å². The molecule has 0 aliphatic carbocycles. The summed E-state index contributed by atoms with van der Waals surface area (Å²) < 4.78 is 43.1. The summed E-state index contributed by atoms with van der Waals surface area (Å²) in [4.78, 5) is 19.0. The number of aromatic nitrogens is 2. The zero-order valence-corrected chi connectivity index (χ0v) is 13.8. The lowest BCUT2D eigenvalue weighted by molar-refractivity contribution is -0.137. The molecule has 0 spiro atoms. The molecule has 2 aromatic carbocycles. The molecule has 0 radical (unpaired) electrons. The Morgan fingerprint density at radius 1 is 1.21 bits per heavy atom. The van der Waals surface area contributed by atoms with E-state index in [1.807, 2.05) is 0 Å². The Morgan fingerprint density at radius 3 is 2.46 bits per heavy atom. The fourth-order valence-electron chi connectivity index (χ4n) is 2.26. The van der Waals surface area contributed by atoms with Crippen molar-refractivity contribution in [1.82, 2.24) is 9.97 Å². The minimum absolute atomic E-state index is 0.333. The molecule has 3 aromatic rings. The van der Waals surface area contributed by atoms with Gasteiger partial charge in [0, 0.05) is 10.0 Å². The Morgan fingerprint density at radius 2 is 1.88 bits per heavy atom. The first-order valence-corrected chi connectivity index (χ1v) is 7.54. The van der Waals surface area contributed by atoms with E-state index in [1.165, 1.54) is 19.2 Å². The van der Waals surface area contributed by atoms with Crippen molar-refractivity contribution in [3.05, 3.63) is 52.0 Å². The summed E-state index contributed by atoms with van der Waals surface area (Å²) in [7, 11) is 1.28. The summed E-state index contributed by atoms with van der Waals surface area (Å²) in [5.41, 5.74) is 1.25. The molecule has 0 aliphatic heterocycles. The van der Waals surface area contributed by atoms with Crippen LogP contribution in [0.5, 0.6) is 0 Å². The number of methoxy groups -OCH3 is 1. The van der Waals surface area contributed by atoms with E-state index in [9.17, 15) is 18.0 Å². The van der Waals surface area contributed by atoms with Crippen LogP contribution in [0.2, 0.25) is 0 Å². The van der Waals surface area contributed by atoms with Crippen LogP contribution in [0.1, 0.15) is 15.9 Å². The minimum atomic E-state index is -4.38. The van der Waals surface area contributed by atoms with E-state index in [0.717, 1.165) is 12.1 Å². The van der Waals surface area contributed by atoms with Gasteiger partial charge in [-0.1, -0.05) is 12.1 Å². The van der Waals surface area contributed by atoms with Crippen molar-refractivity contribution in [2.24, 2.45) is 0 Å². The third-order valence-corrected chi connectivity index (χ3v) is 4.05. The van der Waals surface area contributed by atoms with Crippen LogP contribution < -0.4 is 0 Å². The summed E-state index contributed by atoms with van der Waals surface area (Å²) >= 11 is 3.33. The van der Waals surface area contributed by atoms with Crippen molar-refractivity contribution in [3.63, 3.8) is 0 Å². The van der Waals surface area contributed by atoms with E-state index in [4.69, 9.17) is 0 Å². The Bertz CT molecular complexity index is 917. The lowest BCUT2D eigenvalue weighted by Crippen LogP contribution is -2.04. The molecule has 1 heterocycles. The highest BCUT2D eigenvalue weighted by Gasteiger charge is 2.30. The molecule has 0 bridgehead atoms. The predicted octanol–water partition coefficient (Wildman–Crippen LogP) is 4.80. The van der Waals surface area contributed by atoms with Crippen LogP contribution in [-0.2, 0) is 10.9 Å². The number of nitrogens with zero attached hydrogens (tertiary/aromatic N) is 1. The zero-order chi connectivity index (χ0) is 17.5. The molecule has 0 saturated heterocycles. The number of esters is 1. The number of fused-ring (bicyclic) bond motifs is 1. The van der Waals surface area contributed by atoms with Crippen LogP contribution in [0.3, 0.4) is 0 Å². The number of carbonyl (C=O) groups excluding carboxylic acids is 1. The van der Waals surface area contributed by atoms with Gasteiger partial charge in [-0.15, -0.1) is 0 Å². The fraction of sp³-hybridized carbons (Fsp3) is 0.125. The Labute approximate surface area is 142 Å². The van der Waals surface area contributed by atoms with Crippen molar-refractivity contribution in [1.29, 1.82) is 0 Å². The zero-order valence-electron chi connectivity index (χ0n) is 12.2. The van der Waals surface area contributed by atoms with Gasteiger partial charge in [0.2, 0.25) is 0 Å². The number of alkyl halides is 3. The van der Waals surface area contributed by atoms with Gasteiger partial charge < -0.3 is 9.72 Å². The average Bonchev–Trinajstić information content (AvgIpc) is 2.98. The topological polar surface area (TPSA) is 55.0 Å². The van der Waals surface area contributed by atoms with Gasteiger partial charge in [-0.05, 0) is 40.2 Å². The second-order valence-corrected chi connectivity index (χ2v) is 5.86. The lowest BCUT2D eigenvalue weighted by atomic mass is 10.1. The Hall–Kier alpha value is -2.35. The van der Waals surface area contributed by atoms with Crippen LogP contribution in [0.25, 0.3) is 22.4 Å². The number of H-pyrrole nitrogens is 1. The highest BCUT2D eigenvalue weighted by molar-refractivity contribution is 9.10. The number of benzene rings is 2. The van der Waals surface area contributed by atoms with Gasteiger partial charge >= 0.3 is 12.1 Å². The number of ether oxygens (including phenoxy) is 1. The molecule has 0 saturated carbocycles. The highest BCUT2D eigenvalue weighted by Crippen LogP contribution is 2.32. The largest absolute Gasteiger partial charge is 0.465 e. The van der Waals surface area contributed by atoms with Gasteiger partial charge in [0.25, 0.3) is 0 Å². The average molecular weight is 399 g/mol. The van der Waals surface area contributed by atoms with Gasteiger partial charge in [-0.2, -0.15) is 13.2 Å². The first kappa shape index (κ1) is 16.5. The van der Waals surface area contributed by atoms with Crippen molar-refractivity contribution < 1.29 is 22.7 Å². The molecule has 124 valence electrons. The monoisotopic (exact) mass is 398 g/mol. The number of nitrogens with one attached hydrogen (secondary N) is 1. The van der Waals surface area contributed by atoms with Gasteiger partial charge in [0.05, 0.1) is 23.8 Å². The maximum Gasteiger partial charge on any atom is 0.416 e. The summed E-state index contributed by atoms with van der Waals surface area (Å²) in [6.45, 7) is 0. The van der Waals surface area contributed by atoms with Gasteiger partial charge in [-0.25, -0.2) is 9.78 Å². The molecule has 0 atom stereocenters. The first-order chi connectivity index (χ1) is 11.3. The lowest BCUT2D eigenvalue weighted by Gasteiger charge is -2.06. The fourth-order valence-corrected chi connectivity index (χ4v) is 2.81. The molecule has 0 unspecified atom stereocenters. The number of rotatable bonds is 2. The standard InChI is InChI=1S/C16H10BrF3N2O2/c1-24-15(23)9-6-11(17)13-12(7-9)21-14(22-13)8-2-4-10(5-3-8)16(18,19)20/h2-7H,1H3,(H,21,22). The second kappa shape index (κ2) is 5.94. The molecule has 0 fully saturated rings. The summed E-state index contributed by atoms with van der Waals surface area (Å²) in [5.74, 6) is -0.0929. The maximum absolute atomic E-state index is 12.6. The Balaban J connectivity index is 2.05. The van der Waals surface area contributed by atoms with E-state index in [1.54, 1.807) is 12.1 Å². The maximum atomic E-state index is 12.6. The van der Waals surface area contributed by atoms with Gasteiger partial charge in [0.15, 0.2) is 0 Å². The number of carbonyl (C=O) groups is 1. The predicted molar refractivity (Wildman–Crippen MR) is 85.6 cm³/mol. The van der Waals surface area contributed by atoms with E-state index < -0.39 is 17.7 Å². The smallest absolute Gasteiger partial charge is 0.416 e. The molecular formula is C16H10BrF3N2O2. The summed E-state index contributed by atoms with van der Waals surface area (Å²) in [6.07, 6.45) is -4.38. The van der Waals surface area contributed by atoms with Crippen LogP contribution >= 0.6 is 15.9 Å². The molecule has 0 amide bonds. The van der Waals surface area contributed by atoms with Crippen LogP contribution in [-0.4, -0.2) is 23.0 Å².